The van der Waals surface area contributed by atoms with Crippen molar-refractivity contribution in [2.45, 2.75) is 117 Å². The molecule has 3 fully saturated rings. The lowest BCUT2D eigenvalue weighted by Gasteiger charge is -2.37. The highest BCUT2D eigenvalue weighted by Gasteiger charge is 2.45. The van der Waals surface area contributed by atoms with Gasteiger partial charge in [-0.25, -0.2) is 15.2 Å². The molecule has 4 aromatic rings. The van der Waals surface area contributed by atoms with Crippen LogP contribution in [0.3, 0.4) is 0 Å². The summed E-state index contributed by atoms with van der Waals surface area (Å²) in [5.41, 5.74) is 9.28. The molecule has 6 bridgehead atoms. The van der Waals surface area contributed by atoms with Crippen LogP contribution in [0, 0.1) is 17.3 Å². The number of esters is 1. The molecule has 17 heteroatoms. The van der Waals surface area contributed by atoms with Gasteiger partial charge < -0.3 is 34.1 Å². The Bertz CT molecular complexity index is 2570. The van der Waals surface area contributed by atoms with Crippen molar-refractivity contribution in [2.75, 3.05) is 46.9 Å². The van der Waals surface area contributed by atoms with Crippen molar-refractivity contribution in [1.82, 2.24) is 45.0 Å². The number of urea groups is 1. The Labute approximate surface area is 403 Å². The smallest absolute Gasteiger partial charge is 0.324 e. The van der Waals surface area contributed by atoms with Crippen LogP contribution >= 0.6 is 11.3 Å². The number of rotatable bonds is 9. The summed E-state index contributed by atoms with van der Waals surface area (Å²) in [5.74, 6) is -1.67. The van der Waals surface area contributed by atoms with Crippen LogP contribution < -0.4 is 10.7 Å². The van der Waals surface area contributed by atoms with Crippen molar-refractivity contribution in [3.05, 3.63) is 70.8 Å². The Morgan fingerprint density at radius 1 is 1.12 bits per heavy atom. The summed E-state index contributed by atoms with van der Waals surface area (Å²) in [4.78, 5) is 85.2. The Hall–Kier alpha value is -5.65. The highest BCUT2D eigenvalue weighted by Crippen LogP contribution is 2.42. The van der Waals surface area contributed by atoms with E-state index >= 15 is 0 Å². The van der Waals surface area contributed by atoms with Crippen LogP contribution in [-0.4, -0.2) is 135 Å². The Morgan fingerprint density at radius 3 is 2.63 bits per heavy atom. The first-order valence-corrected chi connectivity index (χ1v) is 25.0. The quantitative estimate of drug-likeness (QED) is 0.142. The van der Waals surface area contributed by atoms with Gasteiger partial charge >= 0.3 is 12.0 Å². The lowest BCUT2D eigenvalue weighted by molar-refractivity contribution is -0.155. The lowest BCUT2D eigenvalue weighted by Crippen LogP contribution is -2.62. The summed E-state index contributed by atoms with van der Waals surface area (Å²) in [6.07, 6.45) is 6.27. The number of cyclic esters (lactones) is 1. The number of fused-ring (bicyclic) bond motifs is 7. The molecule has 3 aromatic heterocycles. The van der Waals surface area contributed by atoms with Gasteiger partial charge in [-0.1, -0.05) is 40.3 Å². The molecular weight excluding hydrogens is 883 g/mol. The highest BCUT2D eigenvalue weighted by molar-refractivity contribution is 7.10. The number of carbonyl (C=O) groups is 5. The maximum Gasteiger partial charge on any atom is 0.324 e. The number of hydrazine groups is 1. The predicted molar refractivity (Wildman–Crippen MR) is 261 cm³/mol. The standard InChI is InChI=1S/C51H67N9O7S/c1-10-43(61)59-21-13-15-33-26-57(27-41(33)59)50(65)56(8)45(30(3)4)47(62)54-38-24-42-53-39(28-68-42)32-18-19-40-35(23-32)36(46(58(40)11-2)34-16-12-20-52-44(34)31(5)66-9)25-51(6,7)29-67-49(64)37-17-14-22-60(55-37)48(38)63/h10,12,16,18-20,23,28,30-31,33,37-38,41,45,55H,1,11,13-15,17,21-22,24-27,29H2,2-9H3,(H,54,62)/t31-,33+,37-,38-,41-,45-/m0/s1. The molecule has 0 radical (unpaired) electrons. The Morgan fingerprint density at radius 2 is 1.90 bits per heavy atom. The maximum absolute atomic E-state index is 14.7. The van der Waals surface area contributed by atoms with E-state index in [1.807, 2.05) is 37.1 Å². The number of methoxy groups -OCH3 is 1. The van der Waals surface area contributed by atoms with Crippen molar-refractivity contribution in [1.29, 1.82) is 0 Å². The van der Waals surface area contributed by atoms with Crippen LogP contribution in [0.4, 0.5) is 4.79 Å². The molecule has 4 aliphatic rings. The van der Waals surface area contributed by atoms with E-state index < -0.39 is 41.3 Å². The number of thiazole rings is 1. The number of likely N-dealkylation sites (N-methyl/N-ethyl adjacent to an activating group) is 1. The van der Waals surface area contributed by atoms with Gasteiger partial charge in [-0.15, -0.1) is 11.3 Å². The molecule has 5 amide bonds. The van der Waals surface area contributed by atoms with Crippen LogP contribution in [0.25, 0.3) is 33.4 Å². The van der Waals surface area contributed by atoms with Gasteiger partial charge in [-0.2, -0.15) is 0 Å². The van der Waals surface area contributed by atoms with Gasteiger partial charge in [0.1, 0.15) is 18.1 Å². The minimum Gasteiger partial charge on any atom is -0.464 e. The van der Waals surface area contributed by atoms with E-state index in [1.165, 1.54) is 27.3 Å². The fourth-order valence-electron chi connectivity index (χ4n) is 10.8. The molecule has 0 aliphatic carbocycles. The van der Waals surface area contributed by atoms with Crippen LogP contribution in [-0.2, 0) is 48.0 Å². The first kappa shape index (κ1) is 48.8. The number of piperidine rings is 1. The van der Waals surface area contributed by atoms with Gasteiger partial charge in [-0.05, 0) is 93.7 Å². The minimum atomic E-state index is -1.09. The molecule has 16 nitrogen and oxygen atoms in total. The molecule has 0 unspecified atom stereocenters. The third-order valence-electron chi connectivity index (χ3n) is 14.3. The number of aromatic nitrogens is 3. The molecule has 3 saturated heterocycles. The number of carbonyl (C=O) groups excluding carboxylic acids is 5. The van der Waals surface area contributed by atoms with E-state index in [4.69, 9.17) is 19.4 Å². The third-order valence-corrected chi connectivity index (χ3v) is 15.2. The summed E-state index contributed by atoms with van der Waals surface area (Å²) < 4.78 is 14.3. The van der Waals surface area contributed by atoms with E-state index in [-0.39, 0.29) is 48.9 Å². The highest BCUT2D eigenvalue weighted by atomic mass is 32.1. The Kier molecular flexibility index (Phi) is 14.4. The number of pyridine rings is 1. The molecule has 4 aliphatic heterocycles. The first-order valence-electron chi connectivity index (χ1n) is 24.1. The SMILES string of the molecule is C=CC(=O)N1CCC[C@@H]2CN(C(=O)N(C)[C@H](C(=O)N[C@H]3Cc4nc(cs4)-c4ccc5c(c4)c(c(-c4cccnc4[C@H](C)OC)n5CC)CC(C)(C)COC(=O)[C@@H]4CCCN(N4)C3=O)C(C)C)C[C@@H]21. The normalized spacial score (nSPS) is 22.9. The fraction of sp³-hybridized carbons (Fsp3) is 0.549. The van der Waals surface area contributed by atoms with Crippen molar-refractivity contribution in [3.63, 3.8) is 0 Å². The lowest BCUT2D eigenvalue weighted by atomic mass is 9.84. The molecule has 8 rings (SSSR count). The monoisotopic (exact) mass is 949 g/mol. The topological polar surface area (TPSA) is 172 Å². The van der Waals surface area contributed by atoms with Gasteiger partial charge in [0.15, 0.2) is 0 Å². The van der Waals surface area contributed by atoms with E-state index in [0.29, 0.717) is 57.0 Å². The molecule has 364 valence electrons. The maximum atomic E-state index is 14.7. The molecule has 0 saturated carbocycles. The zero-order valence-electron chi connectivity index (χ0n) is 40.7. The van der Waals surface area contributed by atoms with Crippen molar-refractivity contribution < 1.29 is 33.4 Å². The summed E-state index contributed by atoms with van der Waals surface area (Å²) in [6, 6.07) is 7.20. The summed E-state index contributed by atoms with van der Waals surface area (Å²) in [5, 5.41) is 8.15. The number of benzene rings is 1. The second-order valence-corrected chi connectivity index (χ2v) is 20.9. The van der Waals surface area contributed by atoms with Crippen LogP contribution in [0.15, 0.2) is 54.6 Å². The van der Waals surface area contributed by atoms with Crippen molar-refractivity contribution >= 4 is 52.0 Å². The van der Waals surface area contributed by atoms with Crippen LogP contribution in [0.2, 0.25) is 0 Å². The van der Waals surface area contributed by atoms with Gasteiger partial charge in [0.05, 0.1) is 40.8 Å². The molecule has 6 atom stereocenters. The summed E-state index contributed by atoms with van der Waals surface area (Å²) in [6.45, 7) is 18.4. The van der Waals surface area contributed by atoms with Crippen molar-refractivity contribution in [2.24, 2.45) is 17.3 Å². The van der Waals surface area contributed by atoms with E-state index in [0.717, 1.165) is 57.5 Å². The Balaban J connectivity index is 1.14. The van der Waals surface area contributed by atoms with Crippen LogP contribution in [0.1, 0.15) is 89.6 Å². The van der Waals surface area contributed by atoms with E-state index in [2.05, 4.69) is 66.9 Å². The van der Waals surface area contributed by atoms with Gasteiger partial charge in [0, 0.05) is 92.3 Å². The number of hydrogen-bond acceptors (Lipinski definition) is 11. The van der Waals surface area contributed by atoms with E-state index in [1.54, 1.807) is 25.3 Å². The number of ether oxygens (including phenoxy) is 2. The van der Waals surface area contributed by atoms with Gasteiger partial charge in [-0.3, -0.25) is 29.2 Å². The average molecular weight is 950 g/mol. The number of hydrogen-bond donors (Lipinski definition) is 2. The fourth-order valence-corrected chi connectivity index (χ4v) is 11.7. The summed E-state index contributed by atoms with van der Waals surface area (Å²) >= 11 is 1.41. The largest absolute Gasteiger partial charge is 0.464 e. The molecule has 0 spiro atoms. The zero-order chi connectivity index (χ0) is 48.6. The number of aryl methyl sites for hydroxylation is 1. The van der Waals surface area contributed by atoms with Crippen molar-refractivity contribution in [3.8, 4) is 22.5 Å². The molecular formula is C51H67N9O7S. The second-order valence-electron chi connectivity index (χ2n) is 20.0. The number of likely N-dealkylation sites (tertiary alicyclic amines) is 2. The average Bonchev–Trinajstić information content (AvgIpc) is 4.07. The second kappa shape index (κ2) is 20.1. The number of nitrogens with one attached hydrogen (secondary N) is 2. The van der Waals surface area contributed by atoms with E-state index in [9.17, 15) is 24.0 Å². The molecule has 68 heavy (non-hydrogen) atoms. The van der Waals surface area contributed by atoms with Gasteiger partial charge in [0.2, 0.25) is 11.8 Å². The molecule has 1 aromatic carbocycles. The third kappa shape index (κ3) is 9.66. The van der Waals surface area contributed by atoms with Crippen LogP contribution in [0.5, 0.6) is 0 Å². The molecule has 7 heterocycles. The predicted octanol–water partition coefficient (Wildman–Crippen LogP) is 6.39. The van der Waals surface area contributed by atoms with Gasteiger partial charge in [0.25, 0.3) is 5.91 Å². The summed E-state index contributed by atoms with van der Waals surface area (Å²) in [7, 11) is 3.31. The first-order chi connectivity index (χ1) is 32.5. The molecule has 2 N–H and O–H groups in total. The number of amides is 5. The minimum absolute atomic E-state index is 0.0766. The number of nitrogens with zero attached hydrogens (tertiary/aromatic N) is 7. The zero-order valence-corrected chi connectivity index (χ0v) is 41.6.